The summed E-state index contributed by atoms with van der Waals surface area (Å²) in [6.07, 6.45) is -1.10. The number of anilines is 4. The molecule has 0 radical (unpaired) electrons. The largest absolute Gasteiger partial charge is 0.491 e. The lowest BCUT2D eigenvalue weighted by Gasteiger charge is -2.25. The minimum absolute atomic E-state index is 0.0640. The lowest BCUT2D eigenvalue weighted by atomic mass is 9.91. The van der Waals surface area contributed by atoms with Gasteiger partial charge in [0.25, 0.3) is 40.1 Å². The number of sulfonamides is 4. The van der Waals surface area contributed by atoms with E-state index < -0.39 is 40.1 Å². The summed E-state index contributed by atoms with van der Waals surface area (Å²) in [6.45, 7) is 0.0312. The molecule has 4 N–H and O–H groups in total. The monoisotopic (exact) mass is 1280 g/mol. The van der Waals surface area contributed by atoms with Crippen molar-refractivity contribution in [1.29, 1.82) is 0 Å². The van der Waals surface area contributed by atoms with Gasteiger partial charge in [-0.15, -0.1) is 0 Å². The van der Waals surface area contributed by atoms with Crippen LogP contribution in [-0.4, -0.2) is 115 Å². The lowest BCUT2D eigenvalue weighted by Crippen LogP contribution is -2.18. The van der Waals surface area contributed by atoms with Crippen LogP contribution in [0.5, 0.6) is 23.0 Å². The van der Waals surface area contributed by atoms with Crippen LogP contribution in [0.25, 0.3) is 0 Å². The van der Waals surface area contributed by atoms with Crippen molar-refractivity contribution < 1.29 is 71.6 Å². The second-order valence-electron chi connectivity index (χ2n) is 20.2. The minimum Gasteiger partial charge on any atom is -0.491 e. The Hall–Kier alpha value is -8.20. The Morgan fingerprint density at radius 1 is 0.273 bits per heavy atom. The van der Waals surface area contributed by atoms with Gasteiger partial charge in [0, 0.05) is 121 Å². The van der Waals surface area contributed by atoms with Gasteiger partial charge in [-0.25, -0.2) is 33.7 Å². The quantitative estimate of drug-likeness (QED) is 0.0333. The smallest absolute Gasteiger partial charge is 0.261 e. The van der Waals surface area contributed by atoms with Crippen molar-refractivity contribution in [1.82, 2.24) is 0 Å². The molecule has 8 aromatic carbocycles. The first kappa shape index (κ1) is 64.3. The Balaban J connectivity index is 1.42. The third-order valence-corrected chi connectivity index (χ3v) is 19.3. The fourth-order valence-corrected chi connectivity index (χ4v) is 14.5. The Morgan fingerprint density at radius 3 is 0.602 bits per heavy atom. The fraction of sp³-hybridized carbons (Fsp3) is 0.250. The number of rotatable bonds is 28. The van der Waals surface area contributed by atoms with Gasteiger partial charge in [-0.3, -0.25) is 18.9 Å². The predicted molar refractivity (Wildman–Crippen MR) is 335 cm³/mol. The Bertz CT molecular complexity index is 3540. The van der Waals surface area contributed by atoms with Crippen LogP contribution in [0.2, 0.25) is 0 Å². The molecule has 20 nitrogen and oxygen atoms in total. The number of hydrogen-bond donors (Lipinski definition) is 4. The topological polar surface area (TPSA) is 259 Å². The van der Waals surface area contributed by atoms with Crippen molar-refractivity contribution in [2.75, 3.05) is 100 Å². The van der Waals surface area contributed by atoms with Gasteiger partial charge in [0.15, 0.2) is 0 Å². The summed E-state index contributed by atoms with van der Waals surface area (Å²) >= 11 is 0. The van der Waals surface area contributed by atoms with Crippen LogP contribution in [0.1, 0.15) is 44.5 Å². The van der Waals surface area contributed by atoms with Gasteiger partial charge >= 0.3 is 0 Å². The molecule has 8 bridgehead atoms. The van der Waals surface area contributed by atoms with E-state index in [2.05, 4.69) is 18.9 Å². The Morgan fingerprint density at radius 2 is 0.443 bits per heavy atom. The number of benzene rings is 8. The first-order valence-electron chi connectivity index (χ1n) is 27.8. The van der Waals surface area contributed by atoms with E-state index in [1.807, 2.05) is 0 Å². The summed E-state index contributed by atoms with van der Waals surface area (Å²) in [5.41, 5.74) is 2.83. The second kappa shape index (κ2) is 29.2. The zero-order valence-corrected chi connectivity index (χ0v) is 52.1. The number of hydrogen-bond acceptors (Lipinski definition) is 16. The van der Waals surface area contributed by atoms with E-state index in [0.29, 0.717) is 0 Å². The zero-order valence-electron chi connectivity index (χ0n) is 48.8. The molecule has 0 heterocycles. The zero-order chi connectivity index (χ0) is 62.3. The summed E-state index contributed by atoms with van der Waals surface area (Å²) in [7, 11) is -12.0. The molecule has 464 valence electrons. The molecule has 9 rings (SSSR count). The molecule has 0 aliphatic heterocycles. The van der Waals surface area contributed by atoms with Gasteiger partial charge in [-0.1, -0.05) is 72.8 Å². The maximum absolute atomic E-state index is 15.0. The standard InChI is InChI=1S/C64H68N4O16S4/c1-77-25-29-81-61-45-33-47-39-58(86(71,72)66-54-19-11-6-12-20-54)41-49(62(47)82-30-26-78-2)35-51-43-60(88(75,76)68-56-23-15-8-16-24-56)44-52(64(51)84-32-28-80-4)36-50-42-59(87(73,74)67-55-21-13-7-14-22-55)40-48(63(50)83-31-27-79-3)34-46(61)38-57(37-45)85(69,70)65-53-17-9-5-10-18-53/h5-24,37-44,65-68H,25-36H2,1-4H3. The Labute approximate surface area is 514 Å². The average molecular weight is 1280 g/mol. The van der Waals surface area contributed by atoms with Gasteiger partial charge < -0.3 is 37.9 Å². The number of fused-ring (bicyclic) bond motifs is 8. The first-order chi connectivity index (χ1) is 42.4. The summed E-state index contributed by atoms with van der Waals surface area (Å²) in [4.78, 5) is -0.943. The highest BCUT2D eigenvalue weighted by atomic mass is 32.2. The SMILES string of the molecule is COCCOc1c2cc(S(=O)(=O)Nc3ccccc3)cc1Cc1cc(S(=O)(=O)Nc3ccccc3)cc(c1OCCOC)Cc1cc(S(=O)(=O)Nc3ccccc3)cc(c1OCCOC)Cc1cc(S(=O)(=O)Nc3ccccc3)cc(c1OCCOC)C2. The molecule has 0 unspecified atom stereocenters. The Kier molecular flexibility index (Phi) is 21.3. The molecule has 0 saturated carbocycles. The molecule has 0 fully saturated rings. The third-order valence-electron chi connectivity index (χ3n) is 13.9. The van der Waals surface area contributed by atoms with Gasteiger partial charge in [-0.2, -0.15) is 0 Å². The van der Waals surface area contributed by atoms with Crippen LogP contribution in [0, 0.1) is 0 Å². The van der Waals surface area contributed by atoms with Gasteiger partial charge in [0.05, 0.1) is 46.0 Å². The molecule has 0 aromatic heterocycles. The van der Waals surface area contributed by atoms with Crippen LogP contribution >= 0.6 is 0 Å². The normalized spacial score (nSPS) is 12.6. The predicted octanol–water partition coefficient (Wildman–Crippen LogP) is 9.67. The van der Waals surface area contributed by atoms with Crippen LogP contribution in [0.15, 0.2) is 189 Å². The van der Waals surface area contributed by atoms with Crippen molar-refractivity contribution in [2.24, 2.45) is 0 Å². The van der Waals surface area contributed by atoms with Gasteiger partial charge in [-0.05, 0) is 97.1 Å². The van der Waals surface area contributed by atoms with Crippen LogP contribution in [0.3, 0.4) is 0 Å². The molecule has 0 saturated heterocycles. The lowest BCUT2D eigenvalue weighted by molar-refractivity contribution is 0.144. The fourth-order valence-electron chi connectivity index (χ4n) is 9.91. The van der Waals surface area contributed by atoms with Crippen molar-refractivity contribution in [3.63, 3.8) is 0 Å². The molecular formula is C64H68N4O16S4. The average Bonchev–Trinajstić information content (AvgIpc) is 0.907. The van der Waals surface area contributed by atoms with E-state index in [-0.39, 0.29) is 188 Å². The maximum Gasteiger partial charge on any atom is 0.261 e. The molecule has 0 amide bonds. The molecule has 24 heteroatoms. The van der Waals surface area contributed by atoms with E-state index in [0.717, 1.165) is 0 Å². The van der Waals surface area contributed by atoms with E-state index in [9.17, 15) is 33.7 Å². The molecule has 0 spiro atoms. The number of methoxy groups -OCH3 is 4. The minimum atomic E-state index is -4.49. The molecule has 88 heavy (non-hydrogen) atoms. The highest BCUT2D eigenvalue weighted by Crippen LogP contribution is 2.43. The number of para-hydroxylation sites is 4. The summed E-state index contributed by atoms with van der Waals surface area (Å²) in [5.74, 6) is 0.621. The van der Waals surface area contributed by atoms with E-state index in [1.54, 1.807) is 121 Å². The highest BCUT2D eigenvalue weighted by Gasteiger charge is 2.31. The molecule has 0 atom stereocenters. The van der Waals surface area contributed by atoms with E-state index in [1.165, 1.54) is 77.0 Å². The van der Waals surface area contributed by atoms with Crippen molar-refractivity contribution in [3.05, 3.63) is 214 Å². The molecule has 1 aliphatic rings. The van der Waals surface area contributed by atoms with Crippen LogP contribution in [0.4, 0.5) is 22.7 Å². The van der Waals surface area contributed by atoms with Crippen LogP contribution in [-0.2, 0) is 84.7 Å². The van der Waals surface area contributed by atoms with Gasteiger partial charge in [0.1, 0.15) is 49.4 Å². The molecular weight excluding hydrogens is 1210 g/mol. The van der Waals surface area contributed by atoms with E-state index >= 15 is 0 Å². The summed E-state index contributed by atoms with van der Waals surface area (Å²) in [6, 6.07) is 44.5. The van der Waals surface area contributed by atoms with Gasteiger partial charge in [0.2, 0.25) is 0 Å². The van der Waals surface area contributed by atoms with Crippen molar-refractivity contribution in [2.45, 2.75) is 45.3 Å². The van der Waals surface area contributed by atoms with Crippen molar-refractivity contribution in [3.8, 4) is 23.0 Å². The number of ether oxygens (including phenoxy) is 8. The van der Waals surface area contributed by atoms with Crippen molar-refractivity contribution >= 4 is 62.8 Å². The summed E-state index contributed by atoms with van der Waals surface area (Å²) in [5, 5.41) is 0. The molecule has 8 aromatic rings. The second-order valence-corrected chi connectivity index (χ2v) is 27.0. The maximum atomic E-state index is 15.0. The number of nitrogens with one attached hydrogen (secondary N) is 4. The highest BCUT2D eigenvalue weighted by molar-refractivity contribution is 7.93. The van der Waals surface area contributed by atoms with Crippen LogP contribution < -0.4 is 37.8 Å². The summed E-state index contributed by atoms with van der Waals surface area (Å²) < 4.78 is 179. The first-order valence-corrected chi connectivity index (χ1v) is 33.7. The molecule has 1 aliphatic carbocycles. The van der Waals surface area contributed by atoms with E-state index in [4.69, 9.17) is 37.9 Å². The third kappa shape index (κ3) is 16.3.